The van der Waals surface area contributed by atoms with E-state index in [0.29, 0.717) is 18.0 Å². The van der Waals surface area contributed by atoms with Crippen molar-refractivity contribution in [1.29, 1.82) is 0 Å². The number of carbonyl (C=O) groups excluding carboxylic acids is 3. The normalized spacial score (nSPS) is 21.0. The molecule has 0 spiro atoms. The van der Waals surface area contributed by atoms with Crippen LogP contribution in [-0.2, 0) is 14.3 Å². The van der Waals surface area contributed by atoms with Gasteiger partial charge in [-0.15, -0.1) is 0 Å². The van der Waals surface area contributed by atoms with Crippen LogP contribution in [0.1, 0.15) is 34.7 Å². The lowest BCUT2D eigenvalue weighted by molar-refractivity contribution is -0.119. The van der Waals surface area contributed by atoms with Crippen LogP contribution in [0.3, 0.4) is 0 Å². The van der Waals surface area contributed by atoms with E-state index in [9.17, 15) is 14.4 Å². The zero-order chi connectivity index (χ0) is 26.2. The van der Waals surface area contributed by atoms with Crippen LogP contribution in [-0.4, -0.2) is 97.2 Å². The second-order valence-electron chi connectivity index (χ2n) is 8.84. The molecule has 1 aromatic heterocycles. The maximum absolute atomic E-state index is 13.4. The molecule has 1 N–H and O–H groups in total. The molecule has 0 aliphatic carbocycles. The van der Waals surface area contributed by atoms with Gasteiger partial charge in [0.25, 0.3) is 11.8 Å². The number of amides is 3. The molecule has 36 heavy (non-hydrogen) atoms. The first kappa shape index (κ1) is 27.0. The maximum atomic E-state index is 13.4. The number of ether oxygens (including phenoxy) is 3. The molecule has 3 rings (SSSR count). The highest BCUT2D eigenvalue weighted by Crippen LogP contribution is 2.26. The standard InChI is InChI=1S/C25H33N5O6/c1-16-12-30(25(33)20-11-26-8-9-27-20)17(2)14-36-21-7-6-18(28-23(31)15-34-4)10-19(21)24(32)29(3)13-22(16)35-5/h6-11,16-17,22H,12-15H2,1-5H3,(H,28,31)/t16-,17+,22-/m1/s1. The molecule has 0 unspecified atom stereocenters. The van der Waals surface area contributed by atoms with Crippen molar-refractivity contribution in [2.75, 3.05) is 52.9 Å². The van der Waals surface area contributed by atoms with Crippen molar-refractivity contribution in [1.82, 2.24) is 19.8 Å². The number of anilines is 1. The van der Waals surface area contributed by atoms with Crippen molar-refractivity contribution in [2.45, 2.75) is 26.0 Å². The van der Waals surface area contributed by atoms with Gasteiger partial charge in [-0.2, -0.15) is 0 Å². The van der Waals surface area contributed by atoms with Crippen molar-refractivity contribution in [3.8, 4) is 5.75 Å². The van der Waals surface area contributed by atoms with E-state index in [2.05, 4.69) is 15.3 Å². The fourth-order valence-corrected chi connectivity index (χ4v) is 4.02. The van der Waals surface area contributed by atoms with E-state index in [-0.39, 0.29) is 66.8 Å². The molecule has 0 fully saturated rings. The molecule has 0 bridgehead atoms. The van der Waals surface area contributed by atoms with Gasteiger partial charge in [0.15, 0.2) is 0 Å². The summed E-state index contributed by atoms with van der Waals surface area (Å²) in [5.74, 6) is -0.640. The molecular weight excluding hydrogens is 466 g/mol. The average molecular weight is 500 g/mol. The fraction of sp³-hybridized carbons (Fsp3) is 0.480. The number of hydrogen-bond donors (Lipinski definition) is 1. The number of methoxy groups -OCH3 is 2. The fourth-order valence-electron chi connectivity index (χ4n) is 4.02. The minimum Gasteiger partial charge on any atom is -0.491 e. The van der Waals surface area contributed by atoms with E-state index >= 15 is 0 Å². The van der Waals surface area contributed by atoms with Crippen LogP contribution < -0.4 is 10.1 Å². The number of fused-ring (bicyclic) bond motifs is 1. The van der Waals surface area contributed by atoms with E-state index in [4.69, 9.17) is 14.2 Å². The molecule has 0 saturated heterocycles. The molecule has 3 atom stereocenters. The number of aromatic nitrogens is 2. The first-order valence-electron chi connectivity index (χ1n) is 11.7. The lowest BCUT2D eigenvalue weighted by Gasteiger charge is -2.35. The van der Waals surface area contributed by atoms with Gasteiger partial charge < -0.3 is 29.3 Å². The minimum atomic E-state index is -0.347. The molecule has 3 amide bonds. The summed E-state index contributed by atoms with van der Waals surface area (Å²) in [6.45, 7) is 4.54. The van der Waals surface area contributed by atoms with Crippen LogP contribution in [0.25, 0.3) is 0 Å². The quantitative estimate of drug-likeness (QED) is 0.660. The van der Waals surface area contributed by atoms with E-state index in [1.165, 1.54) is 25.7 Å². The van der Waals surface area contributed by atoms with Gasteiger partial charge in [0.05, 0.1) is 23.9 Å². The van der Waals surface area contributed by atoms with Gasteiger partial charge in [-0.1, -0.05) is 6.92 Å². The van der Waals surface area contributed by atoms with Crippen LogP contribution >= 0.6 is 0 Å². The SMILES string of the molecule is COCC(=O)Nc1ccc2c(c1)C(=O)N(C)C[C@@H](OC)[C@H](C)CN(C(=O)c1cnccn1)[C@@H](C)CO2. The summed E-state index contributed by atoms with van der Waals surface area (Å²) in [4.78, 5) is 50.2. The van der Waals surface area contributed by atoms with Gasteiger partial charge >= 0.3 is 0 Å². The Kier molecular flexibility index (Phi) is 9.31. The van der Waals surface area contributed by atoms with Crippen LogP contribution in [0, 0.1) is 5.92 Å². The number of benzene rings is 1. The summed E-state index contributed by atoms with van der Waals surface area (Å²) in [6, 6.07) is 4.51. The van der Waals surface area contributed by atoms with Gasteiger partial charge in [0, 0.05) is 58.4 Å². The third-order valence-electron chi connectivity index (χ3n) is 6.05. The highest BCUT2D eigenvalue weighted by molar-refractivity contribution is 5.99. The summed E-state index contributed by atoms with van der Waals surface area (Å²) in [7, 11) is 4.69. The molecule has 2 aromatic rings. The lowest BCUT2D eigenvalue weighted by Crippen LogP contribution is -2.48. The zero-order valence-corrected chi connectivity index (χ0v) is 21.3. The summed E-state index contributed by atoms with van der Waals surface area (Å²) in [5.41, 5.74) is 0.967. The molecule has 1 aliphatic heterocycles. The summed E-state index contributed by atoms with van der Waals surface area (Å²) in [6.07, 6.45) is 4.09. The molecule has 0 radical (unpaired) electrons. The predicted octanol–water partition coefficient (Wildman–Crippen LogP) is 1.71. The summed E-state index contributed by atoms with van der Waals surface area (Å²) < 4.78 is 16.6. The third-order valence-corrected chi connectivity index (χ3v) is 6.05. The third kappa shape index (κ3) is 6.55. The minimum absolute atomic E-state index is 0.105. The number of nitrogens with one attached hydrogen (secondary N) is 1. The first-order valence-corrected chi connectivity index (χ1v) is 11.7. The molecule has 0 saturated carbocycles. The molecule has 11 heteroatoms. The molecule has 194 valence electrons. The van der Waals surface area contributed by atoms with Crippen molar-refractivity contribution in [2.24, 2.45) is 5.92 Å². The van der Waals surface area contributed by atoms with Crippen LogP contribution in [0.5, 0.6) is 5.75 Å². The van der Waals surface area contributed by atoms with E-state index in [1.807, 2.05) is 13.8 Å². The number of carbonyl (C=O) groups is 3. The maximum Gasteiger partial charge on any atom is 0.274 e. The topological polar surface area (TPSA) is 123 Å². The lowest BCUT2D eigenvalue weighted by atomic mass is 10.0. The largest absolute Gasteiger partial charge is 0.491 e. The van der Waals surface area contributed by atoms with Gasteiger partial charge in [0.1, 0.15) is 24.7 Å². The van der Waals surface area contributed by atoms with Crippen LogP contribution in [0.2, 0.25) is 0 Å². The Labute approximate surface area is 210 Å². The van der Waals surface area contributed by atoms with Gasteiger partial charge in [-0.25, -0.2) is 4.98 Å². The number of rotatable bonds is 5. The molecule has 2 heterocycles. The van der Waals surface area contributed by atoms with E-state index in [0.717, 1.165) is 0 Å². The molecular formula is C25H33N5O6. The van der Waals surface area contributed by atoms with Crippen molar-refractivity contribution < 1.29 is 28.6 Å². The predicted molar refractivity (Wildman–Crippen MR) is 132 cm³/mol. The van der Waals surface area contributed by atoms with Gasteiger partial charge in [0.2, 0.25) is 5.91 Å². The smallest absolute Gasteiger partial charge is 0.274 e. The van der Waals surface area contributed by atoms with Crippen LogP contribution in [0.15, 0.2) is 36.8 Å². The Balaban J connectivity index is 1.96. The van der Waals surface area contributed by atoms with Crippen LogP contribution in [0.4, 0.5) is 5.69 Å². The zero-order valence-electron chi connectivity index (χ0n) is 21.3. The van der Waals surface area contributed by atoms with Gasteiger partial charge in [-0.05, 0) is 25.1 Å². The molecule has 1 aromatic carbocycles. The summed E-state index contributed by atoms with van der Waals surface area (Å²) in [5, 5.41) is 2.71. The number of likely N-dealkylation sites (N-methyl/N-ethyl adjacent to an activating group) is 1. The number of hydrogen-bond acceptors (Lipinski definition) is 8. The summed E-state index contributed by atoms with van der Waals surface area (Å²) >= 11 is 0. The molecule has 11 nitrogen and oxygen atoms in total. The monoisotopic (exact) mass is 499 g/mol. The second kappa shape index (κ2) is 12.4. The average Bonchev–Trinajstić information content (AvgIpc) is 2.88. The highest BCUT2D eigenvalue weighted by atomic mass is 16.5. The van der Waals surface area contributed by atoms with E-state index in [1.54, 1.807) is 42.2 Å². The first-order chi connectivity index (χ1) is 17.2. The highest BCUT2D eigenvalue weighted by Gasteiger charge is 2.31. The second-order valence-corrected chi connectivity index (χ2v) is 8.84. The van der Waals surface area contributed by atoms with Gasteiger partial charge in [-0.3, -0.25) is 19.4 Å². The van der Waals surface area contributed by atoms with Crippen molar-refractivity contribution >= 4 is 23.4 Å². The Bertz CT molecular complexity index is 1070. The van der Waals surface area contributed by atoms with Crippen molar-refractivity contribution in [3.05, 3.63) is 48.0 Å². The Hall–Kier alpha value is -3.57. The molecule has 1 aliphatic rings. The Morgan fingerprint density at radius 2 is 1.97 bits per heavy atom. The van der Waals surface area contributed by atoms with Crippen molar-refractivity contribution in [3.63, 3.8) is 0 Å². The van der Waals surface area contributed by atoms with E-state index < -0.39 is 0 Å². The Morgan fingerprint density at radius 1 is 1.19 bits per heavy atom. The number of nitrogens with zero attached hydrogens (tertiary/aromatic N) is 4. The Morgan fingerprint density at radius 3 is 2.64 bits per heavy atom.